The number of unbranched alkanes of at least 4 members (excludes halogenated alkanes) is 2. The molecular formula is C7H16O5S2. The molecule has 0 saturated carbocycles. The minimum Gasteiger partial charge on any atom is -0.270 e. The van der Waals surface area contributed by atoms with Gasteiger partial charge in [-0.05, 0) is 12.8 Å². The van der Waals surface area contributed by atoms with E-state index in [9.17, 15) is 16.8 Å². The Bertz CT molecular complexity index is 304. The lowest BCUT2D eigenvalue weighted by Crippen LogP contribution is -2.06. The first-order chi connectivity index (χ1) is 6.21. The highest BCUT2D eigenvalue weighted by atomic mass is 32.2. The zero-order valence-electron chi connectivity index (χ0n) is 8.39. The number of hydrogen-bond donors (Lipinski definition) is 0. The van der Waals surface area contributed by atoms with Crippen LogP contribution < -0.4 is 0 Å². The van der Waals surface area contributed by atoms with Crippen LogP contribution in [0.1, 0.15) is 19.3 Å². The summed E-state index contributed by atoms with van der Waals surface area (Å²) in [6.45, 7) is 0.128. The minimum absolute atomic E-state index is 0.128. The van der Waals surface area contributed by atoms with Crippen molar-refractivity contribution in [3.63, 3.8) is 0 Å². The van der Waals surface area contributed by atoms with Crippen LogP contribution in [-0.4, -0.2) is 41.7 Å². The smallest absolute Gasteiger partial charge is 0.264 e. The number of sulfone groups is 1. The van der Waals surface area contributed by atoms with Gasteiger partial charge in [-0.1, -0.05) is 6.42 Å². The van der Waals surface area contributed by atoms with Crippen LogP contribution >= 0.6 is 0 Å². The van der Waals surface area contributed by atoms with Gasteiger partial charge in [-0.15, -0.1) is 0 Å². The van der Waals surface area contributed by atoms with Crippen molar-refractivity contribution in [3.05, 3.63) is 0 Å². The topological polar surface area (TPSA) is 77.5 Å². The molecule has 0 amide bonds. The summed E-state index contributed by atoms with van der Waals surface area (Å²) in [7, 11) is -6.26. The molecule has 0 bridgehead atoms. The normalized spacial score (nSPS) is 13.0. The van der Waals surface area contributed by atoms with Crippen LogP contribution in [0.3, 0.4) is 0 Å². The van der Waals surface area contributed by atoms with E-state index < -0.39 is 20.0 Å². The Morgan fingerprint density at radius 1 is 0.929 bits per heavy atom. The van der Waals surface area contributed by atoms with Gasteiger partial charge in [0.25, 0.3) is 10.1 Å². The summed E-state index contributed by atoms with van der Waals surface area (Å²) >= 11 is 0. The lowest BCUT2D eigenvalue weighted by Gasteiger charge is -2.00. The molecule has 86 valence electrons. The van der Waals surface area contributed by atoms with Crippen molar-refractivity contribution in [2.24, 2.45) is 0 Å². The third kappa shape index (κ3) is 11.9. The van der Waals surface area contributed by atoms with Gasteiger partial charge in [-0.25, -0.2) is 8.42 Å². The van der Waals surface area contributed by atoms with E-state index >= 15 is 0 Å². The van der Waals surface area contributed by atoms with Crippen molar-refractivity contribution in [3.8, 4) is 0 Å². The molecule has 0 aliphatic heterocycles. The molecule has 0 aromatic carbocycles. The van der Waals surface area contributed by atoms with E-state index in [1.807, 2.05) is 0 Å². The molecule has 0 N–H and O–H groups in total. The monoisotopic (exact) mass is 244 g/mol. The molecule has 0 atom stereocenters. The van der Waals surface area contributed by atoms with Crippen LogP contribution in [0, 0.1) is 0 Å². The Hall–Kier alpha value is -0.140. The van der Waals surface area contributed by atoms with Gasteiger partial charge in [0.1, 0.15) is 9.84 Å². The summed E-state index contributed by atoms with van der Waals surface area (Å²) in [5.74, 6) is 0.145. The standard InChI is InChI=1S/C7H16O5S2/c1-13(8,9)7-5-3-4-6-12-14(2,10)11/h3-7H2,1-2H3. The second kappa shape index (κ2) is 5.67. The molecule has 0 unspecified atom stereocenters. The van der Waals surface area contributed by atoms with Gasteiger partial charge >= 0.3 is 0 Å². The molecule has 0 spiro atoms. The van der Waals surface area contributed by atoms with Gasteiger partial charge in [0.05, 0.1) is 12.9 Å². The average molecular weight is 244 g/mol. The van der Waals surface area contributed by atoms with E-state index in [2.05, 4.69) is 4.18 Å². The highest BCUT2D eigenvalue weighted by Crippen LogP contribution is 2.00. The van der Waals surface area contributed by atoms with Crippen molar-refractivity contribution >= 4 is 20.0 Å². The summed E-state index contributed by atoms with van der Waals surface area (Å²) in [5.41, 5.74) is 0. The second-order valence-corrected chi connectivity index (χ2v) is 7.12. The Morgan fingerprint density at radius 3 is 1.93 bits per heavy atom. The van der Waals surface area contributed by atoms with Crippen LogP contribution in [-0.2, 0) is 24.1 Å². The first-order valence-corrected chi connectivity index (χ1v) is 8.10. The molecule has 7 heteroatoms. The molecule has 0 fully saturated rings. The molecule has 5 nitrogen and oxygen atoms in total. The molecule has 14 heavy (non-hydrogen) atoms. The molecule has 0 heterocycles. The van der Waals surface area contributed by atoms with Gasteiger partial charge < -0.3 is 0 Å². The minimum atomic E-state index is -3.36. The molecule has 0 rings (SSSR count). The first kappa shape index (κ1) is 13.9. The van der Waals surface area contributed by atoms with E-state index in [-0.39, 0.29) is 12.4 Å². The summed E-state index contributed by atoms with van der Waals surface area (Å²) < 4.78 is 46.9. The molecule has 0 aliphatic carbocycles. The molecule has 0 aliphatic rings. The predicted molar refractivity (Wildman–Crippen MR) is 54.4 cm³/mol. The maximum atomic E-state index is 10.7. The predicted octanol–water partition coefficient (Wildman–Crippen LogP) is 0.178. The summed E-state index contributed by atoms with van der Waals surface area (Å²) in [6, 6.07) is 0. The van der Waals surface area contributed by atoms with Gasteiger partial charge in [0.15, 0.2) is 0 Å². The highest BCUT2D eigenvalue weighted by Gasteiger charge is 2.03. The van der Waals surface area contributed by atoms with Crippen molar-refractivity contribution in [2.75, 3.05) is 24.9 Å². The van der Waals surface area contributed by atoms with Gasteiger partial charge in [0.2, 0.25) is 0 Å². The fourth-order valence-corrected chi connectivity index (χ4v) is 2.00. The highest BCUT2D eigenvalue weighted by molar-refractivity contribution is 7.90. The lowest BCUT2D eigenvalue weighted by atomic mass is 10.3. The van der Waals surface area contributed by atoms with Gasteiger partial charge in [-0.2, -0.15) is 8.42 Å². The lowest BCUT2D eigenvalue weighted by molar-refractivity contribution is 0.311. The zero-order valence-corrected chi connectivity index (χ0v) is 10.0. The zero-order chi connectivity index (χ0) is 11.2. The van der Waals surface area contributed by atoms with Crippen LogP contribution in [0.15, 0.2) is 0 Å². The second-order valence-electron chi connectivity index (χ2n) is 3.22. The van der Waals surface area contributed by atoms with E-state index in [1.54, 1.807) is 0 Å². The number of hydrogen-bond acceptors (Lipinski definition) is 5. The van der Waals surface area contributed by atoms with Crippen LogP contribution in [0.2, 0.25) is 0 Å². The summed E-state index contributed by atoms with van der Waals surface area (Å²) in [5, 5.41) is 0. The van der Waals surface area contributed by atoms with E-state index in [0.717, 1.165) is 6.26 Å². The fourth-order valence-electron chi connectivity index (χ4n) is 0.853. The van der Waals surface area contributed by atoms with Gasteiger partial charge in [0, 0.05) is 12.0 Å². The summed E-state index contributed by atoms with van der Waals surface area (Å²) in [4.78, 5) is 0. The Labute approximate surface area is 85.5 Å². The third-order valence-corrected chi connectivity index (χ3v) is 3.08. The molecule has 0 radical (unpaired) electrons. The first-order valence-electron chi connectivity index (χ1n) is 4.23. The molecule has 0 saturated heterocycles. The van der Waals surface area contributed by atoms with E-state index in [1.165, 1.54) is 6.26 Å². The van der Waals surface area contributed by atoms with Crippen molar-refractivity contribution < 1.29 is 21.0 Å². The Kier molecular flexibility index (Phi) is 5.61. The van der Waals surface area contributed by atoms with Crippen LogP contribution in [0.5, 0.6) is 0 Å². The van der Waals surface area contributed by atoms with E-state index in [0.29, 0.717) is 19.3 Å². The Morgan fingerprint density at radius 2 is 1.50 bits per heavy atom. The quantitative estimate of drug-likeness (QED) is 0.471. The average Bonchev–Trinajstić information content (AvgIpc) is 1.92. The maximum Gasteiger partial charge on any atom is 0.264 e. The van der Waals surface area contributed by atoms with Crippen LogP contribution in [0.4, 0.5) is 0 Å². The molecular weight excluding hydrogens is 228 g/mol. The third-order valence-electron chi connectivity index (χ3n) is 1.46. The fraction of sp³-hybridized carbons (Fsp3) is 1.00. The van der Waals surface area contributed by atoms with Crippen molar-refractivity contribution in [1.29, 1.82) is 0 Å². The molecule has 0 aromatic heterocycles. The molecule has 0 aromatic rings. The SMILES string of the molecule is CS(=O)(=O)CCCCCOS(C)(=O)=O. The van der Waals surface area contributed by atoms with Crippen LogP contribution in [0.25, 0.3) is 0 Å². The van der Waals surface area contributed by atoms with Gasteiger partial charge in [-0.3, -0.25) is 4.18 Å². The van der Waals surface area contributed by atoms with Crippen molar-refractivity contribution in [1.82, 2.24) is 0 Å². The van der Waals surface area contributed by atoms with Crippen molar-refractivity contribution in [2.45, 2.75) is 19.3 Å². The Balaban J connectivity index is 3.41. The number of rotatable bonds is 7. The maximum absolute atomic E-state index is 10.7. The largest absolute Gasteiger partial charge is 0.270 e. The van der Waals surface area contributed by atoms with E-state index in [4.69, 9.17) is 0 Å². The summed E-state index contributed by atoms with van der Waals surface area (Å²) in [6.07, 6.45) is 3.93.